The quantitative estimate of drug-likeness (QED) is 0.266. The molecule has 0 aromatic heterocycles. The monoisotopic (exact) mass is 651 g/mol. The molecule has 0 radical (unpaired) electrons. The van der Waals surface area contributed by atoms with Crippen LogP contribution in [0.25, 0.3) is 10.8 Å². The van der Waals surface area contributed by atoms with Gasteiger partial charge < -0.3 is 25.3 Å². The Kier molecular flexibility index (Phi) is 11.7. The van der Waals surface area contributed by atoms with Crippen molar-refractivity contribution in [1.29, 1.82) is 0 Å². The van der Waals surface area contributed by atoms with E-state index in [4.69, 9.17) is 5.73 Å². The summed E-state index contributed by atoms with van der Waals surface area (Å²) in [7, 11) is 7.55. The van der Waals surface area contributed by atoms with Crippen molar-refractivity contribution in [3.05, 3.63) is 96.1 Å². The number of benzene rings is 3. The fraction of sp³-hybridized carbons (Fsp3) is 0.475. The molecule has 0 bridgehead atoms. The summed E-state index contributed by atoms with van der Waals surface area (Å²) in [6.45, 7) is 2.28. The summed E-state index contributed by atoms with van der Waals surface area (Å²) in [5.74, 6) is -0.151. The Labute approximate surface area is 286 Å². The maximum absolute atomic E-state index is 14.7. The van der Waals surface area contributed by atoms with Crippen LogP contribution in [0.5, 0.6) is 0 Å². The van der Waals surface area contributed by atoms with E-state index in [1.807, 2.05) is 59.5 Å². The fourth-order valence-corrected chi connectivity index (χ4v) is 7.24. The van der Waals surface area contributed by atoms with Crippen LogP contribution in [0.3, 0.4) is 0 Å². The van der Waals surface area contributed by atoms with Crippen molar-refractivity contribution in [2.75, 3.05) is 47.8 Å². The van der Waals surface area contributed by atoms with Crippen LogP contribution in [0.4, 0.5) is 0 Å². The highest BCUT2D eigenvalue weighted by Crippen LogP contribution is 2.32. The van der Waals surface area contributed by atoms with E-state index in [2.05, 4.69) is 43.3 Å². The number of hydrogen-bond acceptors (Lipinski definition) is 5. The minimum atomic E-state index is -0.808. The number of rotatable bonds is 13. The summed E-state index contributed by atoms with van der Waals surface area (Å²) < 4.78 is 0. The molecule has 48 heavy (non-hydrogen) atoms. The second kappa shape index (κ2) is 15.9. The molecule has 1 saturated carbocycles. The van der Waals surface area contributed by atoms with Gasteiger partial charge in [-0.25, -0.2) is 0 Å². The van der Waals surface area contributed by atoms with Crippen molar-refractivity contribution in [2.24, 2.45) is 11.7 Å². The van der Waals surface area contributed by atoms with E-state index in [1.54, 1.807) is 25.1 Å². The number of piperidine rings is 1. The van der Waals surface area contributed by atoms with Crippen LogP contribution >= 0.6 is 0 Å². The van der Waals surface area contributed by atoms with Gasteiger partial charge >= 0.3 is 0 Å². The summed E-state index contributed by atoms with van der Waals surface area (Å²) in [6.07, 6.45) is 9.81. The van der Waals surface area contributed by atoms with Crippen LogP contribution < -0.4 is 5.73 Å². The zero-order valence-corrected chi connectivity index (χ0v) is 29.2. The largest absolute Gasteiger partial charge is 0.341 e. The first-order valence-corrected chi connectivity index (χ1v) is 17.5. The molecule has 1 saturated heterocycles. The summed E-state index contributed by atoms with van der Waals surface area (Å²) >= 11 is 0. The van der Waals surface area contributed by atoms with Crippen LogP contribution in [-0.4, -0.2) is 103 Å². The van der Waals surface area contributed by atoms with Crippen molar-refractivity contribution < 1.29 is 14.4 Å². The molecule has 0 unspecified atom stereocenters. The van der Waals surface area contributed by atoms with Gasteiger partial charge in [0, 0.05) is 52.1 Å². The van der Waals surface area contributed by atoms with Gasteiger partial charge in [0.2, 0.25) is 17.7 Å². The number of amides is 3. The van der Waals surface area contributed by atoms with E-state index in [0.29, 0.717) is 38.3 Å². The van der Waals surface area contributed by atoms with Crippen molar-refractivity contribution in [3.63, 3.8) is 0 Å². The Hall–Kier alpha value is -4.01. The van der Waals surface area contributed by atoms with E-state index >= 15 is 0 Å². The van der Waals surface area contributed by atoms with E-state index in [-0.39, 0.29) is 23.3 Å². The normalized spacial score (nSPS) is 18.8. The second-order valence-electron chi connectivity index (χ2n) is 14.4. The number of likely N-dealkylation sites (tertiary alicyclic amines) is 1. The summed E-state index contributed by atoms with van der Waals surface area (Å²) in [5.41, 5.74) is 8.11. The molecule has 0 spiro atoms. The first kappa shape index (κ1) is 35.3. The molecular weight excluding hydrogens is 598 g/mol. The first-order valence-electron chi connectivity index (χ1n) is 17.5. The maximum atomic E-state index is 14.7. The molecule has 3 atom stereocenters. The van der Waals surface area contributed by atoms with Gasteiger partial charge in [0.25, 0.3) is 0 Å². The van der Waals surface area contributed by atoms with Gasteiger partial charge in [-0.2, -0.15) is 0 Å². The molecule has 1 aliphatic heterocycles. The SMILES string of the molecule is CN(C)C[C@@H]1CCCN(C(=O)[C@@H](Cc2ccccc2)N(C)C(=O)[C@@H](Cc2ccc3ccccc3c2)N(C)C(=O)C=CCC2(N)CCC2)C1. The average Bonchev–Trinajstić information content (AvgIpc) is 3.07. The predicted octanol–water partition coefficient (Wildman–Crippen LogP) is 4.91. The van der Waals surface area contributed by atoms with Gasteiger partial charge in [-0.3, -0.25) is 14.4 Å². The lowest BCUT2D eigenvalue weighted by atomic mass is 9.75. The molecule has 2 N–H and O–H groups in total. The number of carbonyl (C=O) groups is 3. The van der Waals surface area contributed by atoms with E-state index in [9.17, 15) is 14.4 Å². The molecule has 256 valence electrons. The van der Waals surface area contributed by atoms with E-state index in [0.717, 1.165) is 60.5 Å². The number of hydrogen-bond donors (Lipinski definition) is 1. The zero-order chi connectivity index (χ0) is 34.3. The van der Waals surface area contributed by atoms with Gasteiger partial charge in [0.15, 0.2) is 0 Å². The van der Waals surface area contributed by atoms with E-state index < -0.39 is 12.1 Å². The number of likely N-dealkylation sites (N-methyl/N-ethyl adjacent to an activating group) is 2. The number of nitrogens with two attached hydrogens (primary N) is 1. The predicted molar refractivity (Wildman–Crippen MR) is 193 cm³/mol. The molecule has 8 heteroatoms. The van der Waals surface area contributed by atoms with Crippen molar-refractivity contribution >= 4 is 28.5 Å². The summed E-state index contributed by atoms with van der Waals surface area (Å²) in [5, 5.41) is 2.19. The zero-order valence-electron chi connectivity index (χ0n) is 29.2. The lowest BCUT2D eigenvalue weighted by molar-refractivity contribution is -0.150. The minimum absolute atomic E-state index is 0.0368. The summed E-state index contributed by atoms with van der Waals surface area (Å²) in [6, 6.07) is 22.7. The molecule has 1 heterocycles. The highest BCUT2D eigenvalue weighted by atomic mass is 16.2. The lowest BCUT2D eigenvalue weighted by Gasteiger charge is -2.39. The van der Waals surface area contributed by atoms with E-state index in [1.165, 1.54) is 4.90 Å². The summed E-state index contributed by atoms with van der Waals surface area (Å²) in [4.78, 5) is 50.0. The Bertz CT molecular complexity index is 1580. The van der Waals surface area contributed by atoms with Gasteiger partial charge in [0.1, 0.15) is 12.1 Å². The Balaban J connectivity index is 1.43. The molecule has 3 aromatic carbocycles. The highest BCUT2D eigenvalue weighted by molar-refractivity contribution is 5.95. The fourth-order valence-electron chi connectivity index (χ4n) is 7.24. The standard InChI is InChI=1S/C40H53N5O3/c1-42(2)28-32-15-11-24-45(29-32)39(48)36(26-30-13-6-5-7-14-30)44(4)38(47)35(27-31-19-20-33-16-8-9-17-34(33)25-31)43(3)37(46)18-10-21-40(41)22-12-23-40/h5-10,13-14,16-20,25,32,35-36H,11-12,15,21-24,26-29,41H2,1-4H3/t32-,35+,36+/m0/s1. The van der Waals surface area contributed by atoms with Crippen LogP contribution in [0.2, 0.25) is 0 Å². The van der Waals surface area contributed by atoms with Crippen LogP contribution in [0.15, 0.2) is 84.9 Å². The van der Waals surface area contributed by atoms with Crippen molar-refractivity contribution in [3.8, 4) is 0 Å². The third-order valence-electron chi connectivity index (χ3n) is 10.3. The highest BCUT2D eigenvalue weighted by Gasteiger charge is 2.38. The van der Waals surface area contributed by atoms with Gasteiger partial charge in [0.05, 0.1) is 0 Å². The Morgan fingerprint density at radius 1 is 0.854 bits per heavy atom. The number of carbonyl (C=O) groups excluding carboxylic acids is 3. The Morgan fingerprint density at radius 2 is 1.54 bits per heavy atom. The van der Waals surface area contributed by atoms with Crippen molar-refractivity contribution in [1.82, 2.24) is 19.6 Å². The first-order chi connectivity index (χ1) is 23.0. The maximum Gasteiger partial charge on any atom is 0.246 e. The van der Waals surface area contributed by atoms with Crippen LogP contribution in [0.1, 0.15) is 49.7 Å². The molecule has 5 rings (SSSR count). The smallest absolute Gasteiger partial charge is 0.246 e. The molecule has 3 aromatic rings. The van der Waals surface area contributed by atoms with Crippen molar-refractivity contribution in [2.45, 2.75) is 69.0 Å². The van der Waals surface area contributed by atoms with Crippen LogP contribution in [0, 0.1) is 5.92 Å². The molecule has 3 amide bonds. The van der Waals surface area contributed by atoms with Crippen LogP contribution in [-0.2, 0) is 27.2 Å². The molecule has 2 fully saturated rings. The number of nitrogens with zero attached hydrogens (tertiary/aromatic N) is 4. The third kappa shape index (κ3) is 8.91. The third-order valence-corrected chi connectivity index (χ3v) is 10.3. The lowest BCUT2D eigenvalue weighted by Crippen LogP contribution is -2.57. The van der Waals surface area contributed by atoms with Gasteiger partial charge in [-0.05, 0) is 86.5 Å². The average molecular weight is 652 g/mol. The number of fused-ring (bicyclic) bond motifs is 1. The molecule has 8 nitrogen and oxygen atoms in total. The van der Waals surface area contributed by atoms with Gasteiger partial charge in [-0.15, -0.1) is 0 Å². The topological polar surface area (TPSA) is 90.2 Å². The molecule has 2 aliphatic rings. The minimum Gasteiger partial charge on any atom is -0.341 e. The Morgan fingerprint density at radius 3 is 2.23 bits per heavy atom. The molecular formula is C40H53N5O3. The second-order valence-corrected chi connectivity index (χ2v) is 14.4. The molecule has 1 aliphatic carbocycles. The van der Waals surface area contributed by atoms with Gasteiger partial charge in [-0.1, -0.05) is 78.9 Å².